The Kier molecular flexibility index (Phi) is 7.60. The summed E-state index contributed by atoms with van der Waals surface area (Å²) in [6.45, 7) is 0.554. The fourth-order valence-electron chi connectivity index (χ4n) is 3.08. The van der Waals surface area contributed by atoms with Gasteiger partial charge >= 0.3 is 0 Å². The maximum Gasteiger partial charge on any atom is 0.232 e. The van der Waals surface area contributed by atoms with Crippen molar-refractivity contribution < 1.29 is 23.4 Å². The van der Waals surface area contributed by atoms with Crippen molar-refractivity contribution in [2.45, 2.75) is 6.42 Å². The minimum absolute atomic E-state index is 0.198. The fraction of sp³-hybridized carbons (Fsp3) is 0.250. The molecule has 3 aromatic rings. The van der Waals surface area contributed by atoms with Crippen LogP contribution in [0.2, 0.25) is 0 Å². The second kappa shape index (κ2) is 10.8. The molecule has 0 unspecified atom stereocenters. The molecule has 0 fully saturated rings. The van der Waals surface area contributed by atoms with Crippen molar-refractivity contribution in [2.75, 3.05) is 40.3 Å². The van der Waals surface area contributed by atoms with Gasteiger partial charge in [0.05, 0.1) is 28.4 Å². The number of hydrogen-bond acceptors (Lipinski definition) is 8. The molecule has 0 amide bonds. The molecule has 0 saturated carbocycles. The van der Waals surface area contributed by atoms with E-state index in [1.807, 2.05) is 42.5 Å². The van der Waals surface area contributed by atoms with Crippen LogP contribution in [0.3, 0.4) is 0 Å². The van der Waals surface area contributed by atoms with Crippen molar-refractivity contribution in [3.63, 3.8) is 0 Å². The lowest BCUT2D eigenvalue weighted by molar-refractivity contribution is 0.354. The smallest absolute Gasteiger partial charge is 0.232 e. The number of methoxy groups -OCH3 is 4. The third-order valence-electron chi connectivity index (χ3n) is 4.72. The number of nitrogens with one attached hydrogen (secondary N) is 1. The minimum atomic E-state index is 0.198. The molecule has 0 saturated heterocycles. The minimum Gasteiger partial charge on any atom is -0.493 e. The number of ether oxygens (including phenoxy) is 4. The summed E-state index contributed by atoms with van der Waals surface area (Å²) in [6.07, 6.45) is 4.21. The average molecular weight is 435 g/mol. The first-order valence-electron chi connectivity index (χ1n) is 9.87. The molecule has 0 atom stereocenters. The summed E-state index contributed by atoms with van der Waals surface area (Å²) in [6, 6.07) is 13.3. The quantitative estimate of drug-likeness (QED) is 0.500. The molecule has 0 spiro atoms. The molecule has 1 N–H and O–H groups in total. The number of benzene rings is 2. The third-order valence-corrected chi connectivity index (χ3v) is 4.72. The Morgan fingerprint density at radius 1 is 0.906 bits per heavy atom. The Morgan fingerprint density at radius 3 is 2.22 bits per heavy atom. The average Bonchev–Trinajstić information content (AvgIpc) is 3.24. The Morgan fingerprint density at radius 2 is 1.56 bits per heavy atom. The van der Waals surface area contributed by atoms with Crippen LogP contribution in [-0.2, 0) is 6.42 Å². The molecule has 0 radical (unpaired) electrons. The van der Waals surface area contributed by atoms with E-state index in [0.717, 1.165) is 11.1 Å². The lowest BCUT2D eigenvalue weighted by Crippen LogP contribution is -2.05. The van der Waals surface area contributed by atoms with Gasteiger partial charge in [-0.2, -0.15) is 10.2 Å². The van der Waals surface area contributed by atoms with Crippen LogP contribution < -0.4 is 24.3 Å². The predicted octanol–water partition coefficient (Wildman–Crippen LogP) is 4.41. The van der Waals surface area contributed by atoms with Crippen molar-refractivity contribution in [1.82, 2.24) is 4.98 Å². The highest BCUT2D eigenvalue weighted by atomic mass is 16.5. The van der Waals surface area contributed by atoms with Gasteiger partial charge in [0.15, 0.2) is 23.0 Å². The molecule has 166 valence electrons. The first-order chi connectivity index (χ1) is 15.6. The monoisotopic (exact) mass is 435 g/mol. The van der Waals surface area contributed by atoms with Gasteiger partial charge in [-0.05, 0) is 47.9 Å². The van der Waals surface area contributed by atoms with Crippen LogP contribution in [0.25, 0.3) is 12.2 Å². The first kappa shape index (κ1) is 22.6. The zero-order chi connectivity index (χ0) is 22.9. The van der Waals surface area contributed by atoms with E-state index in [1.54, 1.807) is 34.5 Å². The van der Waals surface area contributed by atoms with E-state index >= 15 is 0 Å². The summed E-state index contributed by atoms with van der Waals surface area (Å²) in [4.78, 5) is 4.23. The van der Waals surface area contributed by atoms with Gasteiger partial charge in [0.25, 0.3) is 0 Å². The molecule has 0 bridgehead atoms. The number of rotatable bonds is 10. The van der Waals surface area contributed by atoms with Crippen LogP contribution in [0.4, 0.5) is 5.88 Å². The van der Waals surface area contributed by atoms with E-state index < -0.39 is 0 Å². The summed E-state index contributed by atoms with van der Waals surface area (Å²) >= 11 is 0. The number of hydrogen-bond donors (Lipinski definition) is 1. The zero-order valence-corrected chi connectivity index (χ0v) is 18.5. The number of nitriles is 1. The van der Waals surface area contributed by atoms with E-state index in [-0.39, 0.29) is 5.69 Å². The topological polar surface area (TPSA) is 98.8 Å². The number of nitrogens with zero attached hydrogens (tertiary/aromatic N) is 2. The van der Waals surface area contributed by atoms with Crippen molar-refractivity contribution in [3.8, 4) is 29.1 Å². The Labute approximate surface area is 187 Å². The molecule has 0 aliphatic rings. The molecule has 0 aliphatic carbocycles. The maximum atomic E-state index is 9.39. The summed E-state index contributed by atoms with van der Waals surface area (Å²) in [7, 11) is 6.37. The highest BCUT2D eigenvalue weighted by molar-refractivity contribution is 5.69. The van der Waals surface area contributed by atoms with Crippen molar-refractivity contribution in [2.24, 2.45) is 0 Å². The van der Waals surface area contributed by atoms with Gasteiger partial charge in [0, 0.05) is 12.6 Å². The van der Waals surface area contributed by atoms with E-state index in [9.17, 15) is 5.26 Å². The molecule has 1 heterocycles. The van der Waals surface area contributed by atoms with Gasteiger partial charge in [0.1, 0.15) is 6.07 Å². The van der Waals surface area contributed by atoms with Crippen LogP contribution in [0.5, 0.6) is 23.0 Å². The molecule has 2 aromatic carbocycles. The molecular weight excluding hydrogens is 410 g/mol. The van der Waals surface area contributed by atoms with E-state index in [1.165, 1.54) is 0 Å². The summed E-state index contributed by atoms with van der Waals surface area (Å²) < 4.78 is 26.9. The van der Waals surface area contributed by atoms with Crippen molar-refractivity contribution in [3.05, 3.63) is 59.1 Å². The first-order valence-corrected chi connectivity index (χ1v) is 9.87. The van der Waals surface area contributed by atoms with E-state index in [2.05, 4.69) is 16.4 Å². The van der Waals surface area contributed by atoms with E-state index in [0.29, 0.717) is 47.7 Å². The Balaban J connectivity index is 1.66. The van der Waals surface area contributed by atoms with Gasteiger partial charge in [-0.3, -0.25) is 0 Å². The van der Waals surface area contributed by atoms with Crippen LogP contribution in [0.15, 0.2) is 40.8 Å². The third kappa shape index (κ3) is 5.32. The lowest BCUT2D eigenvalue weighted by Gasteiger charge is -2.09. The van der Waals surface area contributed by atoms with Gasteiger partial charge < -0.3 is 28.7 Å². The Bertz CT molecular complexity index is 1130. The molecule has 0 aliphatic heterocycles. The molecule has 8 heteroatoms. The second-order valence-electron chi connectivity index (χ2n) is 6.66. The normalized spacial score (nSPS) is 10.6. The maximum absolute atomic E-state index is 9.39. The number of aromatic nitrogens is 1. The van der Waals surface area contributed by atoms with E-state index in [4.69, 9.17) is 23.4 Å². The molecule has 32 heavy (non-hydrogen) atoms. The largest absolute Gasteiger partial charge is 0.493 e. The summed E-state index contributed by atoms with van der Waals surface area (Å²) in [5, 5.41) is 12.5. The highest BCUT2D eigenvalue weighted by Crippen LogP contribution is 2.29. The second-order valence-corrected chi connectivity index (χ2v) is 6.66. The Hall–Kier alpha value is -4.12. The van der Waals surface area contributed by atoms with Crippen molar-refractivity contribution in [1.29, 1.82) is 5.26 Å². The van der Waals surface area contributed by atoms with Crippen LogP contribution in [0, 0.1) is 11.3 Å². The van der Waals surface area contributed by atoms with Gasteiger partial charge in [-0.15, -0.1) is 0 Å². The highest BCUT2D eigenvalue weighted by Gasteiger charge is 2.12. The molecular formula is C24H25N3O5. The summed E-state index contributed by atoms with van der Waals surface area (Å²) in [5.74, 6) is 3.28. The van der Waals surface area contributed by atoms with Gasteiger partial charge in [-0.1, -0.05) is 12.1 Å². The van der Waals surface area contributed by atoms with Crippen LogP contribution in [-0.4, -0.2) is 40.0 Å². The molecule has 1 aromatic heterocycles. The number of oxazole rings is 1. The van der Waals surface area contributed by atoms with Gasteiger partial charge in [0.2, 0.25) is 17.5 Å². The predicted molar refractivity (Wildman–Crippen MR) is 121 cm³/mol. The number of anilines is 1. The molecule has 3 rings (SSSR count). The summed E-state index contributed by atoms with van der Waals surface area (Å²) in [5.41, 5.74) is 2.13. The molecule has 8 nitrogen and oxygen atoms in total. The fourth-order valence-corrected chi connectivity index (χ4v) is 3.08. The van der Waals surface area contributed by atoms with Crippen molar-refractivity contribution >= 4 is 18.0 Å². The van der Waals surface area contributed by atoms with Crippen LogP contribution >= 0.6 is 0 Å². The standard InChI is InChI=1S/C24H25N3O5/c1-28-19-8-5-16(13-21(19)30-3)7-10-23-27-18(15-25)24(32-23)26-12-11-17-6-9-20(29-2)22(14-17)31-4/h5-10,13-14,26H,11-12H2,1-4H3/b10-7+. The SMILES string of the molecule is COc1ccc(/C=C/c2nc(C#N)c(NCCc3ccc(OC)c(OC)c3)o2)cc1OC. The lowest BCUT2D eigenvalue weighted by atomic mass is 10.1. The zero-order valence-electron chi connectivity index (χ0n) is 18.5. The van der Waals surface area contributed by atoms with Gasteiger partial charge in [-0.25, -0.2) is 0 Å². The van der Waals surface area contributed by atoms with Crippen LogP contribution in [0.1, 0.15) is 22.7 Å².